The molecule has 1 nitrogen and oxygen atoms in total. The van der Waals surface area contributed by atoms with Crippen LogP contribution in [0.25, 0.3) is 17.2 Å². The van der Waals surface area contributed by atoms with Crippen molar-refractivity contribution in [3.63, 3.8) is 0 Å². The number of allylic oxidation sites excluding steroid dienone is 13. The first-order chi connectivity index (χ1) is 26.0. The molecule has 0 saturated heterocycles. The van der Waals surface area contributed by atoms with E-state index in [1.54, 1.807) is 0 Å². The van der Waals surface area contributed by atoms with Gasteiger partial charge in [0, 0.05) is 36.9 Å². The molecule has 3 aliphatic rings. The highest BCUT2D eigenvalue weighted by atomic mass is 32.2. The number of hydrogen-bond acceptors (Lipinski definition) is 3. The van der Waals surface area contributed by atoms with Crippen molar-refractivity contribution < 1.29 is 0 Å². The number of fused-ring (bicyclic) bond motifs is 4. The third kappa shape index (κ3) is 6.58. The van der Waals surface area contributed by atoms with Gasteiger partial charge in [-0.2, -0.15) is 0 Å². The van der Waals surface area contributed by atoms with Crippen molar-refractivity contribution in [2.24, 2.45) is 4.99 Å². The molecule has 0 fully saturated rings. The van der Waals surface area contributed by atoms with Gasteiger partial charge < -0.3 is 0 Å². The molecule has 53 heavy (non-hydrogen) atoms. The van der Waals surface area contributed by atoms with Gasteiger partial charge in [-0.05, 0) is 102 Å². The van der Waals surface area contributed by atoms with Crippen molar-refractivity contribution >= 4 is 52.6 Å². The van der Waals surface area contributed by atoms with E-state index in [0.717, 1.165) is 47.2 Å². The number of hydrogen-bond donors (Lipinski definition) is 0. The Morgan fingerprint density at radius 2 is 1.70 bits per heavy atom. The molecule has 262 valence electrons. The molecule has 1 unspecified atom stereocenters. The van der Waals surface area contributed by atoms with Crippen LogP contribution in [0.4, 0.5) is 5.69 Å². The van der Waals surface area contributed by atoms with Gasteiger partial charge >= 0.3 is 0 Å². The second kappa shape index (κ2) is 15.9. The predicted molar refractivity (Wildman–Crippen MR) is 234 cm³/mol. The number of benzene rings is 4. The molecule has 0 saturated carbocycles. The number of thioether (sulfide) groups is 2. The number of rotatable bonds is 10. The van der Waals surface area contributed by atoms with E-state index >= 15 is 0 Å². The Morgan fingerprint density at radius 1 is 0.849 bits per heavy atom. The topological polar surface area (TPSA) is 12.4 Å². The molecule has 0 radical (unpaired) electrons. The van der Waals surface area contributed by atoms with Crippen molar-refractivity contribution in [2.45, 2.75) is 55.2 Å². The van der Waals surface area contributed by atoms with E-state index in [2.05, 4.69) is 149 Å². The minimum Gasteiger partial charge on any atom is -0.260 e. The molecule has 1 atom stereocenters. The van der Waals surface area contributed by atoms with E-state index < -0.39 is 5.41 Å². The highest BCUT2D eigenvalue weighted by Crippen LogP contribution is 2.58. The Morgan fingerprint density at radius 3 is 2.45 bits per heavy atom. The zero-order chi connectivity index (χ0) is 37.0. The molecular formula is C50H45NS2. The van der Waals surface area contributed by atoms with E-state index in [4.69, 9.17) is 4.99 Å². The van der Waals surface area contributed by atoms with Crippen molar-refractivity contribution in [3.8, 4) is 0 Å². The van der Waals surface area contributed by atoms with Crippen LogP contribution in [0.3, 0.4) is 0 Å². The third-order valence-corrected chi connectivity index (χ3v) is 13.2. The van der Waals surface area contributed by atoms with E-state index in [1.165, 1.54) is 58.6 Å². The first-order valence-electron chi connectivity index (χ1n) is 18.3. The second-order valence-electron chi connectivity index (χ2n) is 13.4. The van der Waals surface area contributed by atoms with Crippen LogP contribution in [-0.4, -0.2) is 6.21 Å². The molecule has 4 aromatic carbocycles. The zero-order valence-electron chi connectivity index (χ0n) is 30.9. The Balaban J connectivity index is 1.44. The van der Waals surface area contributed by atoms with Gasteiger partial charge in [0.25, 0.3) is 0 Å². The van der Waals surface area contributed by atoms with Crippen LogP contribution in [0.15, 0.2) is 183 Å². The van der Waals surface area contributed by atoms with Crippen molar-refractivity contribution in [1.82, 2.24) is 0 Å². The average Bonchev–Trinajstić information content (AvgIpc) is 3.20. The van der Waals surface area contributed by atoms with Gasteiger partial charge in [0.2, 0.25) is 0 Å². The molecule has 0 bridgehead atoms. The van der Waals surface area contributed by atoms with Crippen LogP contribution < -0.4 is 0 Å². The minimum atomic E-state index is -0.566. The van der Waals surface area contributed by atoms with Crippen LogP contribution >= 0.6 is 23.5 Å². The van der Waals surface area contributed by atoms with Crippen molar-refractivity contribution in [3.05, 3.63) is 213 Å². The molecule has 1 aliphatic heterocycles. The highest BCUT2D eigenvalue weighted by Gasteiger charge is 2.45. The second-order valence-corrected chi connectivity index (χ2v) is 15.6. The quantitative estimate of drug-likeness (QED) is 0.119. The Hall–Kier alpha value is -5.09. The minimum absolute atomic E-state index is 0.566. The monoisotopic (exact) mass is 723 g/mol. The fourth-order valence-electron chi connectivity index (χ4n) is 7.87. The Kier molecular flexibility index (Phi) is 10.9. The van der Waals surface area contributed by atoms with Crippen LogP contribution in [0.1, 0.15) is 78.1 Å². The number of para-hydroxylation sites is 1. The molecule has 2 aliphatic carbocycles. The standard InChI is InChI=1S/C50H45NS2/c1-7-12-20-39(10-4)50(40-21-14-13-15-22-40)43-30-31-47-49(53-46-25-17-16-24-45(46)52-47)42(43)32-38-29-28-37(33-44(38)50)34(6)26-27-35(8-2)41-23-18-19-36(9-3)48(41)51-11-5/h7-16,18-24,26-31,33H,2-4,17,25,32H2,1,5-6H3/b12-7-,34-26+,35-27+,39-20+,51-11-. The lowest BCUT2D eigenvalue weighted by atomic mass is 9.59. The van der Waals surface area contributed by atoms with Gasteiger partial charge in [-0.1, -0.05) is 171 Å². The summed E-state index contributed by atoms with van der Waals surface area (Å²) >= 11 is 3.93. The molecule has 7 rings (SSSR count). The largest absolute Gasteiger partial charge is 0.260 e. The molecule has 4 aromatic rings. The summed E-state index contributed by atoms with van der Waals surface area (Å²) in [5, 5.41) is 0. The lowest BCUT2D eigenvalue weighted by Crippen LogP contribution is -2.37. The molecule has 0 N–H and O–H groups in total. The summed E-state index contributed by atoms with van der Waals surface area (Å²) in [6.45, 7) is 18.9. The summed E-state index contributed by atoms with van der Waals surface area (Å²) in [4.78, 5) is 10.4. The SMILES string of the molecule is C=C/C(=C\C=C(/C)c1ccc2c(c1)C(/C(C=C)=C/C=C\C)(c1ccccc1)c1ccc3c(c1C2)SC1=C(C=CCC1)S3)c1cccc(C=C)c1/N=C\C. The van der Waals surface area contributed by atoms with Crippen LogP contribution in [0.5, 0.6) is 0 Å². The summed E-state index contributed by atoms with van der Waals surface area (Å²) in [6.07, 6.45) is 26.3. The van der Waals surface area contributed by atoms with E-state index in [9.17, 15) is 0 Å². The summed E-state index contributed by atoms with van der Waals surface area (Å²) in [6, 6.07) is 29.1. The highest BCUT2D eigenvalue weighted by molar-refractivity contribution is 8.09. The van der Waals surface area contributed by atoms with Gasteiger partial charge in [-0.3, -0.25) is 4.99 Å². The van der Waals surface area contributed by atoms with E-state index in [1.807, 2.05) is 60.9 Å². The summed E-state index contributed by atoms with van der Waals surface area (Å²) < 4.78 is 0. The smallest absolute Gasteiger partial charge is 0.0775 e. The fourth-order valence-corrected chi connectivity index (χ4v) is 10.5. The van der Waals surface area contributed by atoms with Crippen LogP contribution in [0, 0.1) is 0 Å². The molecule has 0 aromatic heterocycles. The van der Waals surface area contributed by atoms with Crippen LogP contribution in [-0.2, 0) is 11.8 Å². The molecular weight excluding hydrogens is 679 g/mol. The lowest BCUT2D eigenvalue weighted by Gasteiger charge is -2.44. The summed E-state index contributed by atoms with van der Waals surface area (Å²) in [5.74, 6) is 0. The van der Waals surface area contributed by atoms with Gasteiger partial charge in [-0.15, -0.1) is 0 Å². The normalized spacial score (nSPS) is 18.4. The van der Waals surface area contributed by atoms with Crippen LogP contribution in [0.2, 0.25) is 0 Å². The maximum absolute atomic E-state index is 4.70. The molecule has 1 heterocycles. The van der Waals surface area contributed by atoms with Gasteiger partial charge in [0.1, 0.15) is 0 Å². The third-order valence-electron chi connectivity index (χ3n) is 10.4. The first-order valence-corrected chi connectivity index (χ1v) is 19.9. The summed E-state index contributed by atoms with van der Waals surface area (Å²) in [7, 11) is 0. The van der Waals surface area contributed by atoms with E-state index in [0.29, 0.717) is 0 Å². The molecule has 0 amide bonds. The maximum atomic E-state index is 4.70. The van der Waals surface area contributed by atoms with Gasteiger partial charge in [0.05, 0.1) is 11.1 Å². The average molecular weight is 724 g/mol. The Labute approximate surface area is 324 Å². The predicted octanol–water partition coefficient (Wildman–Crippen LogP) is 14.4. The van der Waals surface area contributed by atoms with Crippen molar-refractivity contribution in [1.29, 1.82) is 0 Å². The fraction of sp³-hybridized carbons (Fsp3) is 0.140. The van der Waals surface area contributed by atoms with Gasteiger partial charge in [0.15, 0.2) is 0 Å². The lowest BCUT2D eigenvalue weighted by molar-refractivity contribution is 0.691. The maximum Gasteiger partial charge on any atom is 0.0775 e. The zero-order valence-corrected chi connectivity index (χ0v) is 32.5. The number of nitrogens with zero attached hydrogens (tertiary/aromatic N) is 1. The molecule has 3 heteroatoms. The van der Waals surface area contributed by atoms with Gasteiger partial charge in [-0.25, -0.2) is 0 Å². The van der Waals surface area contributed by atoms with Crippen molar-refractivity contribution in [2.75, 3.05) is 0 Å². The number of aliphatic imine (C=N–C) groups is 1. The molecule has 0 spiro atoms. The van der Waals surface area contributed by atoms with E-state index in [-0.39, 0.29) is 0 Å². The Bertz CT molecular complexity index is 2340. The first kappa shape index (κ1) is 36.3. The summed E-state index contributed by atoms with van der Waals surface area (Å²) in [5.41, 5.74) is 13.5.